The van der Waals surface area contributed by atoms with E-state index in [2.05, 4.69) is 42.2 Å². The number of hydrogen-bond acceptors (Lipinski definition) is 5. The maximum atomic E-state index is 13.7. The molecule has 0 N–H and O–H groups in total. The van der Waals surface area contributed by atoms with Crippen LogP contribution in [0.1, 0.15) is 39.9 Å². The summed E-state index contributed by atoms with van der Waals surface area (Å²) in [7, 11) is 0. The average Bonchev–Trinajstić information content (AvgIpc) is 3.25. The second-order valence-electron chi connectivity index (χ2n) is 8.52. The minimum absolute atomic E-state index is 0.0540. The molecule has 1 fully saturated rings. The van der Waals surface area contributed by atoms with Crippen molar-refractivity contribution in [3.05, 3.63) is 58.7 Å². The molecule has 5 nitrogen and oxygen atoms in total. The van der Waals surface area contributed by atoms with Gasteiger partial charge in [-0.15, -0.1) is 0 Å². The Morgan fingerprint density at radius 3 is 2.74 bits per heavy atom. The van der Waals surface area contributed by atoms with Gasteiger partial charge in [-0.1, -0.05) is 29.5 Å². The maximum Gasteiger partial charge on any atom is 0.260 e. The number of amides is 1. The first kappa shape index (κ1) is 20.6. The predicted octanol–water partition coefficient (Wildman–Crippen LogP) is 4.46. The molecule has 31 heavy (non-hydrogen) atoms. The monoisotopic (exact) mass is 435 g/mol. The summed E-state index contributed by atoms with van der Waals surface area (Å²) in [5.74, 6) is 0.0540. The molecule has 0 saturated carbocycles. The van der Waals surface area contributed by atoms with Crippen LogP contribution in [-0.2, 0) is 17.6 Å². The molecule has 0 bridgehead atoms. The van der Waals surface area contributed by atoms with Crippen molar-refractivity contribution in [2.24, 2.45) is 0 Å². The molecule has 1 amide bonds. The molecule has 0 unspecified atom stereocenters. The molecule has 3 aromatic rings. The van der Waals surface area contributed by atoms with Crippen LogP contribution in [0.15, 0.2) is 36.4 Å². The minimum Gasteiger partial charge on any atom is -0.379 e. The lowest BCUT2D eigenvalue weighted by molar-refractivity contribution is 0.0391. The van der Waals surface area contributed by atoms with E-state index in [1.54, 1.807) is 11.3 Å². The van der Waals surface area contributed by atoms with Gasteiger partial charge in [-0.2, -0.15) is 0 Å². The zero-order chi connectivity index (χ0) is 21.2. The summed E-state index contributed by atoms with van der Waals surface area (Å²) in [6.45, 7) is 6.90. The van der Waals surface area contributed by atoms with Gasteiger partial charge in [0.15, 0.2) is 5.13 Å². The first-order valence-electron chi connectivity index (χ1n) is 11.3. The van der Waals surface area contributed by atoms with Gasteiger partial charge >= 0.3 is 0 Å². The Bertz CT molecular complexity index is 1090. The van der Waals surface area contributed by atoms with Gasteiger partial charge in [0.1, 0.15) is 0 Å². The van der Waals surface area contributed by atoms with Crippen molar-refractivity contribution in [3.8, 4) is 0 Å². The van der Waals surface area contributed by atoms with Crippen molar-refractivity contribution in [2.75, 3.05) is 44.3 Å². The van der Waals surface area contributed by atoms with Crippen molar-refractivity contribution >= 4 is 32.6 Å². The lowest BCUT2D eigenvalue weighted by Gasteiger charge is -2.29. The number of ether oxygens (including phenoxy) is 1. The molecule has 2 heterocycles. The highest BCUT2D eigenvalue weighted by molar-refractivity contribution is 7.22. The van der Waals surface area contributed by atoms with E-state index in [-0.39, 0.29) is 5.91 Å². The molecule has 6 heteroatoms. The van der Waals surface area contributed by atoms with Crippen LogP contribution in [0.25, 0.3) is 10.2 Å². The Morgan fingerprint density at radius 1 is 1.13 bits per heavy atom. The number of anilines is 1. The highest BCUT2D eigenvalue weighted by Gasteiger charge is 2.24. The van der Waals surface area contributed by atoms with Crippen LogP contribution < -0.4 is 4.90 Å². The van der Waals surface area contributed by atoms with Gasteiger partial charge in [-0.05, 0) is 67.5 Å². The van der Waals surface area contributed by atoms with Crippen LogP contribution in [0.3, 0.4) is 0 Å². The molecule has 5 rings (SSSR count). The van der Waals surface area contributed by atoms with Gasteiger partial charge in [0.2, 0.25) is 0 Å². The molecule has 0 radical (unpaired) electrons. The molecule has 162 valence electrons. The van der Waals surface area contributed by atoms with Crippen LogP contribution in [0, 0.1) is 6.92 Å². The Morgan fingerprint density at radius 2 is 1.94 bits per heavy atom. The van der Waals surface area contributed by atoms with Gasteiger partial charge in [0, 0.05) is 31.7 Å². The Labute approximate surface area is 187 Å². The number of hydrogen-bond donors (Lipinski definition) is 0. The van der Waals surface area contributed by atoms with Crippen molar-refractivity contribution < 1.29 is 9.53 Å². The van der Waals surface area contributed by atoms with E-state index in [0.717, 1.165) is 72.2 Å². The second-order valence-corrected chi connectivity index (χ2v) is 9.53. The SMILES string of the molecule is Cc1cccc2sc(N(CCN3CCOCC3)C(=O)c3ccc4c(c3)CCCC4)nc12. The highest BCUT2D eigenvalue weighted by Crippen LogP contribution is 2.32. The first-order chi connectivity index (χ1) is 15.2. The van der Waals surface area contributed by atoms with Crippen molar-refractivity contribution in [1.82, 2.24) is 9.88 Å². The molecule has 1 aliphatic carbocycles. The molecule has 1 aliphatic heterocycles. The van der Waals surface area contributed by atoms with Crippen LogP contribution >= 0.6 is 11.3 Å². The van der Waals surface area contributed by atoms with E-state index in [1.807, 2.05) is 11.0 Å². The number of fused-ring (bicyclic) bond motifs is 2. The van der Waals surface area contributed by atoms with Gasteiger partial charge in [-0.25, -0.2) is 4.98 Å². The number of nitrogens with zero attached hydrogens (tertiary/aromatic N) is 3. The summed E-state index contributed by atoms with van der Waals surface area (Å²) in [5, 5.41) is 0.792. The Balaban J connectivity index is 1.46. The number of rotatable bonds is 5. The fourth-order valence-corrected chi connectivity index (χ4v) is 5.63. The summed E-state index contributed by atoms with van der Waals surface area (Å²) in [6, 6.07) is 12.5. The van der Waals surface area contributed by atoms with Gasteiger partial charge in [0.05, 0.1) is 23.4 Å². The highest BCUT2D eigenvalue weighted by atomic mass is 32.1. The van der Waals surface area contributed by atoms with E-state index in [9.17, 15) is 4.79 Å². The summed E-state index contributed by atoms with van der Waals surface area (Å²) in [4.78, 5) is 22.9. The Hall–Kier alpha value is -2.28. The van der Waals surface area contributed by atoms with E-state index in [1.165, 1.54) is 24.0 Å². The third-order valence-corrected chi connectivity index (χ3v) is 7.47. The molecule has 1 saturated heterocycles. The standard InChI is InChI=1S/C25H29N3O2S/c1-18-5-4-8-22-23(18)26-25(31-22)28(12-11-27-13-15-30-16-14-27)24(29)21-10-9-19-6-2-3-7-20(19)17-21/h4-5,8-10,17H,2-3,6-7,11-16H2,1H3. The van der Waals surface area contributed by atoms with Crippen LogP contribution in [0.2, 0.25) is 0 Å². The fraction of sp³-hybridized carbons (Fsp3) is 0.440. The number of aryl methyl sites for hydroxylation is 3. The largest absolute Gasteiger partial charge is 0.379 e. The molecule has 0 atom stereocenters. The topological polar surface area (TPSA) is 45.7 Å². The Kier molecular flexibility index (Phi) is 6.03. The van der Waals surface area contributed by atoms with Gasteiger partial charge in [-0.3, -0.25) is 14.6 Å². The van der Waals surface area contributed by atoms with Crippen molar-refractivity contribution in [2.45, 2.75) is 32.6 Å². The van der Waals surface area contributed by atoms with Crippen LogP contribution in [0.4, 0.5) is 5.13 Å². The van der Waals surface area contributed by atoms with E-state index < -0.39 is 0 Å². The van der Waals surface area contributed by atoms with E-state index in [4.69, 9.17) is 9.72 Å². The third kappa shape index (κ3) is 4.38. The molecule has 0 spiro atoms. The quantitative estimate of drug-likeness (QED) is 0.594. The lowest BCUT2D eigenvalue weighted by Crippen LogP contribution is -2.43. The molecule has 2 aliphatic rings. The number of aromatic nitrogens is 1. The number of benzene rings is 2. The van der Waals surface area contributed by atoms with E-state index in [0.29, 0.717) is 6.54 Å². The zero-order valence-corrected chi connectivity index (χ0v) is 18.9. The normalized spacial score (nSPS) is 16.9. The maximum absolute atomic E-state index is 13.7. The van der Waals surface area contributed by atoms with Crippen molar-refractivity contribution in [3.63, 3.8) is 0 Å². The second kappa shape index (κ2) is 9.07. The lowest BCUT2D eigenvalue weighted by atomic mass is 9.90. The number of morpholine rings is 1. The third-order valence-electron chi connectivity index (χ3n) is 6.42. The van der Waals surface area contributed by atoms with Gasteiger partial charge in [0.25, 0.3) is 5.91 Å². The van der Waals surface area contributed by atoms with Crippen molar-refractivity contribution in [1.29, 1.82) is 0 Å². The summed E-state index contributed by atoms with van der Waals surface area (Å²) < 4.78 is 6.61. The average molecular weight is 436 g/mol. The number of carbonyl (C=O) groups excluding carboxylic acids is 1. The van der Waals surface area contributed by atoms with E-state index >= 15 is 0 Å². The molecule has 1 aromatic heterocycles. The predicted molar refractivity (Wildman–Crippen MR) is 126 cm³/mol. The summed E-state index contributed by atoms with van der Waals surface area (Å²) >= 11 is 1.61. The number of carbonyl (C=O) groups is 1. The summed E-state index contributed by atoms with van der Waals surface area (Å²) in [6.07, 6.45) is 4.66. The fourth-order valence-electron chi connectivity index (χ4n) is 4.56. The minimum atomic E-state index is 0.0540. The summed E-state index contributed by atoms with van der Waals surface area (Å²) in [5.41, 5.74) is 5.66. The van der Waals surface area contributed by atoms with Crippen LogP contribution in [0.5, 0.6) is 0 Å². The van der Waals surface area contributed by atoms with Crippen LogP contribution in [-0.4, -0.2) is 55.2 Å². The first-order valence-corrected chi connectivity index (χ1v) is 12.1. The smallest absolute Gasteiger partial charge is 0.260 e. The molecular weight excluding hydrogens is 406 g/mol. The number of para-hydroxylation sites is 1. The van der Waals surface area contributed by atoms with Gasteiger partial charge < -0.3 is 4.74 Å². The molecular formula is C25H29N3O2S. The zero-order valence-electron chi connectivity index (χ0n) is 18.1. The molecule has 2 aromatic carbocycles. The number of thiazole rings is 1.